The number of ether oxygens (including phenoxy) is 1. The van der Waals surface area contributed by atoms with Crippen molar-refractivity contribution >= 4 is 5.78 Å². The van der Waals surface area contributed by atoms with Gasteiger partial charge in [-0.1, -0.05) is 35.9 Å². The molecule has 0 bridgehead atoms. The van der Waals surface area contributed by atoms with Crippen molar-refractivity contribution < 1.29 is 9.53 Å². The lowest BCUT2D eigenvalue weighted by Crippen LogP contribution is -2.07. The quantitative estimate of drug-likeness (QED) is 0.773. The van der Waals surface area contributed by atoms with Gasteiger partial charge < -0.3 is 4.74 Å². The molecule has 0 aliphatic carbocycles. The molecule has 0 aliphatic rings. The number of rotatable bonds is 4. The van der Waals surface area contributed by atoms with E-state index in [0.717, 1.165) is 16.7 Å². The molecule has 0 aromatic heterocycles. The van der Waals surface area contributed by atoms with E-state index in [2.05, 4.69) is 0 Å². The smallest absolute Gasteiger partial charge is 0.197 e. The fraction of sp³-hybridized carbons (Fsp3) is 0.235. The van der Waals surface area contributed by atoms with Crippen molar-refractivity contribution in [1.82, 2.24) is 0 Å². The lowest BCUT2D eigenvalue weighted by Gasteiger charge is -2.11. The number of ketones is 1. The number of hydrogen-bond acceptors (Lipinski definition) is 2. The Kier molecular flexibility index (Phi) is 4.00. The fourth-order valence-electron chi connectivity index (χ4n) is 2.15. The molecule has 0 heterocycles. The SMILES string of the molecule is CCOc1ccccc1C(=O)c1ccc(C)cc1C. The third-order valence-corrected chi connectivity index (χ3v) is 3.06. The number of hydrogen-bond donors (Lipinski definition) is 0. The monoisotopic (exact) mass is 254 g/mol. The zero-order valence-corrected chi connectivity index (χ0v) is 11.6. The van der Waals surface area contributed by atoms with Crippen molar-refractivity contribution in [3.05, 3.63) is 64.7 Å². The molecule has 0 spiro atoms. The molecule has 2 aromatic rings. The molecule has 2 rings (SSSR count). The summed E-state index contributed by atoms with van der Waals surface area (Å²) in [6.45, 7) is 6.45. The standard InChI is InChI=1S/C17H18O2/c1-4-19-16-8-6-5-7-15(16)17(18)14-10-9-12(2)11-13(14)3/h5-11H,4H2,1-3H3. The van der Waals surface area contributed by atoms with Gasteiger partial charge in [0.25, 0.3) is 0 Å². The Labute approximate surface area is 114 Å². The van der Waals surface area contributed by atoms with E-state index in [1.165, 1.54) is 0 Å². The topological polar surface area (TPSA) is 26.3 Å². The number of carbonyl (C=O) groups excluding carboxylic acids is 1. The first kappa shape index (κ1) is 13.3. The number of carbonyl (C=O) groups is 1. The third-order valence-electron chi connectivity index (χ3n) is 3.06. The highest BCUT2D eigenvalue weighted by Crippen LogP contribution is 2.23. The summed E-state index contributed by atoms with van der Waals surface area (Å²) in [5, 5.41) is 0. The number of aryl methyl sites for hydroxylation is 2. The van der Waals surface area contributed by atoms with Crippen LogP contribution in [0.2, 0.25) is 0 Å². The average Bonchev–Trinajstić information content (AvgIpc) is 2.39. The predicted octanol–water partition coefficient (Wildman–Crippen LogP) is 3.93. The van der Waals surface area contributed by atoms with Gasteiger partial charge >= 0.3 is 0 Å². The van der Waals surface area contributed by atoms with E-state index in [1.54, 1.807) is 0 Å². The van der Waals surface area contributed by atoms with Gasteiger partial charge in [-0.15, -0.1) is 0 Å². The lowest BCUT2D eigenvalue weighted by atomic mass is 9.97. The van der Waals surface area contributed by atoms with Gasteiger partial charge in [0.05, 0.1) is 12.2 Å². The average molecular weight is 254 g/mol. The number of para-hydroxylation sites is 1. The minimum atomic E-state index is 0.0153. The fourth-order valence-corrected chi connectivity index (χ4v) is 2.15. The summed E-state index contributed by atoms with van der Waals surface area (Å²) >= 11 is 0. The molecule has 2 aromatic carbocycles. The highest BCUT2D eigenvalue weighted by molar-refractivity contribution is 6.11. The van der Waals surface area contributed by atoms with Gasteiger partial charge in [0.2, 0.25) is 0 Å². The minimum absolute atomic E-state index is 0.0153. The third kappa shape index (κ3) is 2.84. The molecule has 0 fully saturated rings. The Morgan fingerprint density at radius 3 is 2.47 bits per heavy atom. The summed E-state index contributed by atoms with van der Waals surface area (Å²) in [5.74, 6) is 0.663. The zero-order chi connectivity index (χ0) is 13.8. The van der Waals surface area contributed by atoms with Crippen molar-refractivity contribution in [2.24, 2.45) is 0 Å². The van der Waals surface area contributed by atoms with Crippen LogP contribution in [0.1, 0.15) is 34.0 Å². The van der Waals surface area contributed by atoms with E-state index < -0.39 is 0 Å². The Morgan fingerprint density at radius 2 is 1.79 bits per heavy atom. The van der Waals surface area contributed by atoms with Crippen molar-refractivity contribution in [2.45, 2.75) is 20.8 Å². The second-order valence-electron chi connectivity index (χ2n) is 4.58. The van der Waals surface area contributed by atoms with E-state index in [9.17, 15) is 4.79 Å². The maximum Gasteiger partial charge on any atom is 0.197 e. The van der Waals surface area contributed by atoms with Crippen LogP contribution in [0.5, 0.6) is 5.75 Å². The molecule has 0 saturated carbocycles. The van der Waals surface area contributed by atoms with Crippen LogP contribution >= 0.6 is 0 Å². The van der Waals surface area contributed by atoms with Gasteiger partial charge in [0.15, 0.2) is 5.78 Å². The van der Waals surface area contributed by atoms with Crippen molar-refractivity contribution in [2.75, 3.05) is 6.61 Å². The second kappa shape index (κ2) is 5.70. The summed E-state index contributed by atoms with van der Waals surface area (Å²) in [7, 11) is 0. The van der Waals surface area contributed by atoms with E-state index in [4.69, 9.17) is 4.74 Å². The first-order valence-electron chi connectivity index (χ1n) is 6.47. The summed E-state index contributed by atoms with van der Waals surface area (Å²) in [4.78, 5) is 12.6. The summed E-state index contributed by atoms with van der Waals surface area (Å²) < 4.78 is 5.52. The molecule has 0 saturated heterocycles. The van der Waals surface area contributed by atoms with Gasteiger partial charge in [-0.25, -0.2) is 0 Å². The first-order valence-corrected chi connectivity index (χ1v) is 6.47. The second-order valence-corrected chi connectivity index (χ2v) is 4.58. The van der Waals surface area contributed by atoms with E-state index in [1.807, 2.05) is 63.2 Å². The lowest BCUT2D eigenvalue weighted by molar-refractivity contribution is 0.103. The van der Waals surface area contributed by atoms with Crippen LogP contribution in [0.4, 0.5) is 0 Å². The zero-order valence-electron chi connectivity index (χ0n) is 11.6. The molecule has 19 heavy (non-hydrogen) atoms. The molecule has 0 atom stereocenters. The molecule has 0 radical (unpaired) electrons. The Morgan fingerprint density at radius 1 is 1.05 bits per heavy atom. The van der Waals surface area contributed by atoms with Crippen molar-refractivity contribution in [3.8, 4) is 5.75 Å². The molecule has 98 valence electrons. The van der Waals surface area contributed by atoms with E-state index >= 15 is 0 Å². The summed E-state index contributed by atoms with van der Waals surface area (Å²) in [6.07, 6.45) is 0. The van der Waals surface area contributed by atoms with Crippen LogP contribution in [0.3, 0.4) is 0 Å². The number of benzene rings is 2. The van der Waals surface area contributed by atoms with Gasteiger partial charge in [0, 0.05) is 5.56 Å². The maximum atomic E-state index is 12.6. The van der Waals surface area contributed by atoms with Gasteiger partial charge in [0.1, 0.15) is 5.75 Å². The van der Waals surface area contributed by atoms with Crippen LogP contribution in [-0.2, 0) is 0 Å². The molecular formula is C17H18O2. The van der Waals surface area contributed by atoms with Crippen LogP contribution in [0.15, 0.2) is 42.5 Å². The summed E-state index contributed by atoms with van der Waals surface area (Å²) in [5.41, 5.74) is 3.51. The minimum Gasteiger partial charge on any atom is -0.493 e. The first-order chi connectivity index (χ1) is 9.13. The molecule has 2 heteroatoms. The van der Waals surface area contributed by atoms with E-state index in [0.29, 0.717) is 17.9 Å². The highest BCUT2D eigenvalue weighted by Gasteiger charge is 2.15. The predicted molar refractivity (Wildman–Crippen MR) is 77.0 cm³/mol. The van der Waals surface area contributed by atoms with E-state index in [-0.39, 0.29) is 5.78 Å². The normalized spacial score (nSPS) is 10.3. The Balaban J connectivity index is 2.44. The van der Waals surface area contributed by atoms with Crippen LogP contribution in [0, 0.1) is 13.8 Å². The van der Waals surface area contributed by atoms with Gasteiger partial charge in [-0.05, 0) is 38.5 Å². The molecule has 0 aliphatic heterocycles. The van der Waals surface area contributed by atoms with Crippen molar-refractivity contribution in [1.29, 1.82) is 0 Å². The largest absolute Gasteiger partial charge is 0.493 e. The Bertz CT molecular complexity index is 600. The molecule has 0 N–H and O–H groups in total. The van der Waals surface area contributed by atoms with Crippen molar-refractivity contribution in [3.63, 3.8) is 0 Å². The molecule has 0 unspecified atom stereocenters. The van der Waals surface area contributed by atoms with Gasteiger partial charge in [-0.2, -0.15) is 0 Å². The highest BCUT2D eigenvalue weighted by atomic mass is 16.5. The van der Waals surface area contributed by atoms with Crippen LogP contribution in [-0.4, -0.2) is 12.4 Å². The molecule has 2 nitrogen and oxygen atoms in total. The Hall–Kier alpha value is -2.09. The maximum absolute atomic E-state index is 12.6. The van der Waals surface area contributed by atoms with Crippen LogP contribution in [0.25, 0.3) is 0 Å². The van der Waals surface area contributed by atoms with Gasteiger partial charge in [-0.3, -0.25) is 4.79 Å². The summed E-state index contributed by atoms with van der Waals surface area (Å²) in [6, 6.07) is 13.3. The molecular weight excluding hydrogens is 236 g/mol. The van der Waals surface area contributed by atoms with Crippen LogP contribution < -0.4 is 4.74 Å². The molecule has 0 amide bonds.